The fourth-order valence-electron chi connectivity index (χ4n) is 2.30. The molecule has 4 heteroatoms. The van der Waals surface area contributed by atoms with Gasteiger partial charge < -0.3 is 14.6 Å². The lowest BCUT2D eigenvalue weighted by atomic mass is 9.98. The normalized spacial score (nSPS) is 16.2. The van der Waals surface area contributed by atoms with E-state index in [-0.39, 0.29) is 5.56 Å². The second-order valence-electron chi connectivity index (χ2n) is 4.81. The Kier molecular flexibility index (Phi) is 5.21. The third-order valence-corrected chi connectivity index (χ3v) is 3.36. The lowest BCUT2D eigenvalue weighted by Gasteiger charge is -2.21. The Morgan fingerprint density at radius 2 is 1.79 bits per heavy atom. The first-order valence-electron chi connectivity index (χ1n) is 6.83. The molecule has 1 fully saturated rings. The van der Waals surface area contributed by atoms with Gasteiger partial charge in [0.05, 0.1) is 18.3 Å². The van der Waals surface area contributed by atoms with E-state index in [0.717, 1.165) is 12.8 Å². The van der Waals surface area contributed by atoms with Gasteiger partial charge in [-0.1, -0.05) is 19.3 Å². The standard InChI is InChI=1S/C15H20O4/c16-15(17)12-6-8-14(9-7-12)19-11-10-18-13-4-2-1-3-5-13/h6-9,13H,1-5,10-11H2,(H,16,17). The topological polar surface area (TPSA) is 55.8 Å². The van der Waals surface area contributed by atoms with Crippen LogP contribution in [-0.2, 0) is 4.74 Å². The lowest BCUT2D eigenvalue weighted by molar-refractivity contribution is 0.0129. The van der Waals surface area contributed by atoms with Crippen molar-refractivity contribution < 1.29 is 19.4 Å². The first-order chi connectivity index (χ1) is 9.25. The Hall–Kier alpha value is -1.55. The quantitative estimate of drug-likeness (QED) is 0.802. The molecule has 1 aliphatic rings. The Bertz CT molecular complexity index is 393. The Morgan fingerprint density at radius 3 is 2.42 bits per heavy atom. The van der Waals surface area contributed by atoms with Crippen LogP contribution >= 0.6 is 0 Å². The zero-order chi connectivity index (χ0) is 13.5. The van der Waals surface area contributed by atoms with Crippen LogP contribution in [0.3, 0.4) is 0 Å². The van der Waals surface area contributed by atoms with Gasteiger partial charge >= 0.3 is 5.97 Å². The molecule has 0 unspecified atom stereocenters. The SMILES string of the molecule is O=C(O)c1ccc(OCCOC2CCCCC2)cc1. The summed E-state index contributed by atoms with van der Waals surface area (Å²) in [6, 6.07) is 6.42. The van der Waals surface area contributed by atoms with Crippen molar-refractivity contribution in [2.24, 2.45) is 0 Å². The van der Waals surface area contributed by atoms with Crippen LogP contribution in [0.4, 0.5) is 0 Å². The minimum atomic E-state index is -0.924. The van der Waals surface area contributed by atoms with Gasteiger partial charge in [0.1, 0.15) is 12.4 Å². The van der Waals surface area contributed by atoms with Crippen LogP contribution < -0.4 is 4.74 Å². The Balaban J connectivity index is 1.66. The fraction of sp³-hybridized carbons (Fsp3) is 0.533. The highest BCUT2D eigenvalue weighted by atomic mass is 16.5. The van der Waals surface area contributed by atoms with Gasteiger partial charge in [0.15, 0.2) is 0 Å². The molecule has 1 N–H and O–H groups in total. The van der Waals surface area contributed by atoms with E-state index in [9.17, 15) is 4.79 Å². The fourth-order valence-corrected chi connectivity index (χ4v) is 2.30. The van der Waals surface area contributed by atoms with Crippen LogP contribution in [0.2, 0.25) is 0 Å². The number of hydrogen-bond donors (Lipinski definition) is 1. The van der Waals surface area contributed by atoms with Gasteiger partial charge in [-0.05, 0) is 37.1 Å². The van der Waals surface area contributed by atoms with E-state index in [1.165, 1.54) is 19.3 Å². The number of ether oxygens (including phenoxy) is 2. The molecule has 1 aliphatic carbocycles. The molecule has 0 saturated heterocycles. The minimum absolute atomic E-state index is 0.269. The highest BCUT2D eigenvalue weighted by Crippen LogP contribution is 2.20. The molecular weight excluding hydrogens is 244 g/mol. The molecule has 0 radical (unpaired) electrons. The van der Waals surface area contributed by atoms with Crippen molar-refractivity contribution in [3.05, 3.63) is 29.8 Å². The van der Waals surface area contributed by atoms with E-state index < -0.39 is 5.97 Å². The van der Waals surface area contributed by atoms with Crippen molar-refractivity contribution in [1.82, 2.24) is 0 Å². The van der Waals surface area contributed by atoms with Crippen LogP contribution in [0.25, 0.3) is 0 Å². The summed E-state index contributed by atoms with van der Waals surface area (Å²) in [5.41, 5.74) is 0.269. The smallest absolute Gasteiger partial charge is 0.335 e. The molecule has 1 saturated carbocycles. The molecular formula is C15H20O4. The zero-order valence-electron chi connectivity index (χ0n) is 11.0. The van der Waals surface area contributed by atoms with E-state index in [2.05, 4.69) is 0 Å². The predicted molar refractivity (Wildman–Crippen MR) is 71.7 cm³/mol. The van der Waals surface area contributed by atoms with Gasteiger partial charge in [-0.2, -0.15) is 0 Å². The number of carboxylic acids is 1. The second kappa shape index (κ2) is 7.14. The van der Waals surface area contributed by atoms with Gasteiger partial charge in [-0.15, -0.1) is 0 Å². The van der Waals surface area contributed by atoms with E-state index in [4.69, 9.17) is 14.6 Å². The maximum atomic E-state index is 10.7. The molecule has 0 aromatic heterocycles. The third-order valence-electron chi connectivity index (χ3n) is 3.36. The summed E-state index contributed by atoms with van der Waals surface area (Å²) in [6.45, 7) is 1.09. The number of benzene rings is 1. The maximum absolute atomic E-state index is 10.7. The van der Waals surface area contributed by atoms with Crippen LogP contribution in [-0.4, -0.2) is 30.4 Å². The molecule has 2 rings (SSSR count). The molecule has 0 bridgehead atoms. The lowest BCUT2D eigenvalue weighted by Crippen LogP contribution is -2.19. The summed E-state index contributed by atoms with van der Waals surface area (Å²) in [6.07, 6.45) is 6.57. The number of hydrogen-bond acceptors (Lipinski definition) is 3. The number of carboxylic acid groups (broad SMARTS) is 1. The molecule has 0 amide bonds. The largest absolute Gasteiger partial charge is 0.491 e. The molecule has 0 aliphatic heterocycles. The molecule has 1 aromatic carbocycles. The minimum Gasteiger partial charge on any atom is -0.491 e. The summed E-state index contributed by atoms with van der Waals surface area (Å²) in [5.74, 6) is -0.246. The van der Waals surface area contributed by atoms with Crippen molar-refractivity contribution in [3.63, 3.8) is 0 Å². The highest BCUT2D eigenvalue weighted by molar-refractivity contribution is 5.87. The van der Waals surface area contributed by atoms with Crippen molar-refractivity contribution in [3.8, 4) is 5.75 Å². The van der Waals surface area contributed by atoms with E-state index in [0.29, 0.717) is 25.1 Å². The number of aromatic carboxylic acids is 1. The second-order valence-corrected chi connectivity index (χ2v) is 4.81. The Labute approximate surface area is 113 Å². The summed E-state index contributed by atoms with van der Waals surface area (Å²) in [7, 11) is 0. The molecule has 19 heavy (non-hydrogen) atoms. The summed E-state index contributed by atoms with van der Waals surface area (Å²) >= 11 is 0. The summed E-state index contributed by atoms with van der Waals surface area (Å²) < 4.78 is 11.3. The average molecular weight is 264 g/mol. The number of rotatable bonds is 6. The van der Waals surface area contributed by atoms with Gasteiger partial charge in [-0.3, -0.25) is 0 Å². The molecule has 0 heterocycles. The van der Waals surface area contributed by atoms with E-state index in [1.54, 1.807) is 24.3 Å². The monoisotopic (exact) mass is 264 g/mol. The van der Waals surface area contributed by atoms with Crippen LogP contribution in [0, 0.1) is 0 Å². The maximum Gasteiger partial charge on any atom is 0.335 e. The first-order valence-corrected chi connectivity index (χ1v) is 6.83. The zero-order valence-corrected chi connectivity index (χ0v) is 11.0. The molecule has 1 aromatic rings. The third kappa shape index (κ3) is 4.56. The Morgan fingerprint density at radius 1 is 1.11 bits per heavy atom. The van der Waals surface area contributed by atoms with Crippen LogP contribution in [0.1, 0.15) is 42.5 Å². The molecule has 4 nitrogen and oxygen atoms in total. The summed E-state index contributed by atoms with van der Waals surface area (Å²) in [4.78, 5) is 10.7. The van der Waals surface area contributed by atoms with Gasteiger partial charge in [0.25, 0.3) is 0 Å². The molecule has 0 atom stereocenters. The van der Waals surface area contributed by atoms with Crippen molar-refractivity contribution >= 4 is 5.97 Å². The van der Waals surface area contributed by atoms with Gasteiger partial charge in [0.2, 0.25) is 0 Å². The van der Waals surface area contributed by atoms with E-state index in [1.807, 2.05) is 0 Å². The van der Waals surface area contributed by atoms with Crippen LogP contribution in [0.5, 0.6) is 5.75 Å². The first kappa shape index (κ1) is 13.9. The van der Waals surface area contributed by atoms with Crippen molar-refractivity contribution in [1.29, 1.82) is 0 Å². The molecule has 104 valence electrons. The van der Waals surface area contributed by atoms with Gasteiger partial charge in [-0.25, -0.2) is 4.79 Å². The van der Waals surface area contributed by atoms with Crippen LogP contribution in [0.15, 0.2) is 24.3 Å². The van der Waals surface area contributed by atoms with Crippen molar-refractivity contribution in [2.75, 3.05) is 13.2 Å². The van der Waals surface area contributed by atoms with Crippen molar-refractivity contribution in [2.45, 2.75) is 38.2 Å². The number of carbonyl (C=O) groups is 1. The summed E-state index contributed by atoms with van der Waals surface area (Å²) in [5, 5.41) is 8.77. The predicted octanol–water partition coefficient (Wildman–Crippen LogP) is 3.11. The van der Waals surface area contributed by atoms with Gasteiger partial charge in [0, 0.05) is 0 Å². The molecule has 0 spiro atoms. The average Bonchev–Trinajstić information content (AvgIpc) is 2.45. The van der Waals surface area contributed by atoms with E-state index >= 15 is 0 Å². The highest BCUT2D eigenvalue weighted by Gasteiger charge is 2.13.